The van der Waals surface area contributed by atoms with Crippen LogP contribution in [0.3, 0.4) is 0 Å². The van der Waals surface area contributed by atoms with E-state index in [0.717, 1.165) is 29.7 Å². The predicted molar refractivity (Wildman–Crippen MR) is 164 cm³/mol. The van der Waals surface area contributed by atoms with Gasteiger partial charge >= 0.3 is 11.8 Å². The zero-order valence-electron chi connectivity index (χ0n) is 25.1. The van der Waals surface area contributed by atoms with E-state index in [1.54, 1.807) is 24.3 Å². The van der Waals surface area contributed by atoms with E-state index >= 15 is 0 Å². The Morgan fingerprint density at radius 3 is 2.17 bits per heavy atom. The molecule has 9 nitrogen and oxygen atoms in total. The van der Waals surface area contributed by atoms with Crippen molar-refractivity contribution in [3.8, 4) is 17.2 Å². The molecule has 0 radical (unpaired) electrons. The summed E-state index contributed by atoms with van der Waals surface area (Å²) in [6, 6.07) is 22.4. The lowest BCUT2D eigenvalue weighted by Gasteiger charge is -2.30. The van der Waals surface area contributed by atoms with Crippen LogP contribution in [0.25, 0.3) is 11.5 Å². The van der Waals surface area contributed by atoms with Gasteiger partial charge in [-0.15, -0.1) is 10.2 Å². The zero-order valence-corrected chi connectivity index (χ0v) is 25.1. The Morgan fingerprint density at radius 1 is 0.833 bits per heavy atom. The molecule has 9 heteroatoms. The second-order valence-electron chi connectivity index (χ2n) is 11.5. The van der Waals surface area contributed by atoms with E-state index in [1.165, 1.54) is 5.56 Å². The van der Waals surface area contributed by atoms with E-state index in [2.05, 4.69) is 80.0 Å². The molecule has 0 aliphatic rings. The number of nitrogens with zero attached hydrogens (tertiary/aromatic N) is 2. The molecule has 0 aliphatic carbocycles. The predicted octanol–water partition coefficient (Wildman–Crippen LogP) is 6.89. The van der Waals surface area contributed by atoms with Crippen molar-refractivity contribution in [1.29, 1.82) is 0 Å². The number of nitrogens with one attached hydrogen (secondary N) is 3. The van der Waals surface area contributed by atoms with Crippen molar-refractivity contribution in [3.63, 3.8) is 0 Å². The smallest absolute Gasteiger partial charge is 0.327 e. The molecule has 1 aromatic heterocycles. The number of carbonyl (C=O) groups is 2. The summed E-state index contributed by atoms with van der Waals surface area (Å²) >= 11 is 0. The highest BCUT2D eigenvalue weighted by atomic mass is 16.5. The standard InChI is InChI=1S/C33H39N5O4/c1-7-32(3,4)23-14-19-27(26(20-23)33(5,6)8-2)41-21-28(39)34-24-15-17-25(18-16-24)35-36-29(40)31-38-37-30(42-31)22-12-10-9-11-13-22/h9-20,35H,7-8,21H2,1-6H3,(H,34,39)(H,36,40). The topological polar surface area (TPSA) is 118 Å². The first-order chi connectivity index (χ1) is 20.0. The number of hydrogen-bond donors (Lipinski definition) is 3. The summed E-state index contributed by atoms with van der Waals surface area (Å²) in [5.74, 6) is -0.0314. The quantitative estimate of drug-likeness (QED) is 0.159. The van der Waals surface area contributed by atoms with E-state index in [9.17, 15) is 9.59 Å². The first-order valence-corrected chi connectivity index (χ1v) is 14.2. The Hall–Kier alpha value is -4.66. The summed E-state index contributed by atoms with van der Waals surface area (Å²) in [5.41, 5.74) is 9.56. The third kappa shape index (κ3) is 7.34. The molecular formula is C33H39N5O4. The third-order valence-corrected chi connectivity index (χ3v) is 7.75. The van der Waals surface area contributed by atoms with Crippen molar-refractivity contribution >= 4 is 23.2 Å². The van der Waals surface area contributed by atoms with Crippen LogP contribution in [0.15, 0.2) is 77.2 Å². The maximum absolute atomic E-state index is 12.7. The lowest BCUT2D eigenvalue weighted by molar-refractivity contribution is -0.118. The SMILES string of the molecule is CCC(C)(C)c1ccc(OCC(=O)Nc2ccc(NNC(=O)c3nnc(-c4ccccc4)o3)cc2)c(C(C)(C)CC)c1. The number of rotatable bonds is 12. The van der Waals surface area contributed by atoms with Crippen molar-refractivity contribution in [2.45, 2.75) is 65.2 Å². The minimum Gasteiger partial charge on any atom is -0.483 e. The van der Waals surface area contributed by atoms with Gasteiger partial charge in [0.05, 0.1) is 5.69 Å². The van der Waals surface area contributed by atoms with Gasteiger partial charge in [0, 0.05) is 16.8 Å². The molecular weight excluding hydrogens is 530 g/mol. The summed E-state index contributed by atoms with van der Waals surface area (Å²) in [7, 11) is 0. The molecule has 0 spiro atoms. The van der Waals surface area contributed by atoms with Gasteiger partial charge in [0.1, 0.15) is 5.75 Å². The lowest BCUT2D eigenvalue weighted by Crippen LogP contribution is -2.29. The summed E-state index contributed by atoms with van der Waals surface area (Å²) < 4.78 is 11.5. The number of anilines is 2. The molecule has 4 aromatic rings. The van der Waals surface area contributed by atoms with Gasteiger partial charge < -0.3 is 14.5 Å². The zero-order chi connectivity index (χ0) is 30.3. The Bertz CT molecular complexity index is 1510. The average Bonchev–Trinajstić information content (AvgIpc) is 3.50. The average molecular weight is 570 g/mol. The second-order valence-corrected chi connectivity index (χ2v) is 11.5. The molecule has 4 rings (SSSR count). The first-order valence-electron chi connectivity index (χ1n) is 14.2. The monoisotopic (exact) mass is 569 g/mol. The highest BCUT2D eigenvalue weighted by Crippen LogP contribution is 2.38. The van der Waals surface area contributed by atoms with Crippen LogP contribution in [-0.2, 0) is 15.6 Å². The molecule has 0 unspecified atom stereocenters. The molecule has 0 saturated carbocycles. The highest BCUT2D eigenvalue weighted by Gasteiger charge is 2.27. The fourth-order valence-electron chi connectivity index (χ4n) is 4.17. The molecule has 220 valence electrons. The Kier molecular flexibility index (Phi) is 9.30. The summed E-state index contributed by atoms with van der Waals surface area (Å²) in [4.78, 5) is 25.1. The number of amides is 2. The number of carbonyl (C=O) groups excluding carboxylic acids is 2. The number of benzene rings is 3. The molecule has 3 aromatic carbocycles. The fourth-order valence-corrected chi connectivity index (χ4v) is 4.17. The number of ether oxygens (including phenoxy) is 1. The largest absolute Gasteiger partial charge is 0.483 e. The van der Waals surface area contributed by atoms with Crippen LogP contribution in [-0.4, -0.2) is 28.6 Å². The van der Waals surface area contributed by atoms with Crippen LogP contribution in [0.5, 0.6) is 5.75 Å². The highest BCUT2D eigenvalue weighted by molar-refractivity contribution is 5.92. The molecule has 0 aliphatic heterocycles. The van der Waals surface area contributed by atoms with Crippen molar-refractivity contribution < 1.29 is 18.7 Å². The fraction of sp³-hybridized carbons (Fsp3) is 0.333. The number of hydrogen-bond acceptors (Lipinski definition) is 7. The minimum atomic E-state index is -0.573. The molecule has 0 bridgehead atoms. The van der Waals surface area contributed by atoms with Crippen molar-refractivity contribution in [2.24, 2.45) is 0 Å². The lowest BCUT2D eigenvalue weighted by atomic mass is 9.76. The summed E-state index contributed by atoms with van der Waals surface area (Å²) in [6.07, 6.45) is 1.96. The van der Waals surface area contributed by atoms with Crippen LogP contribution in [0.4, 0.5) is 11.4 Å². The molecule has 0 fully saturated rings. The van der Waals surface area contributed by atoms with Gasteiger partial charge in [0.25, 0.3) is 5.91 Å². The summed E-state index contributed by atoms with van der Waals surface area (Å²) in [6.45, 7) is 13.1. The van der Waals surface area contributed by atoms with Crippen molar-refractivity contribution in [2.75, 3.05) is 17.3 Å². The van der Waals surface area contributed by atoms with E-state index in [1.807, 2.05) is 36.4 Å². The molecule has 42 heavy (non-hydrogen) atoms. The Labute approximate surface area is 247 Å². The molecule has 1 heterocycles. The maximum Gasteiger partial charge on any atom is 0.327 e. The van der Waals surface area contributed by atoms with Gasteiger partial charge in [0.15, 0.2) is 6.61 Å². The molecule has 0 atom stereocenters. The normalized spacial score (nSPS) is 11.6. The van der Waals surface area contributed by atoms with Gasteiger partial charge in [-0.3, -0.25) is 20.4 Å². The Balaban J connectivity index is 1.31. The Morgan fingerprint density at radius 2 is 1.50 bits per heavy atom. The van der Waals surface area contributed by atoms with E-state index in [0.29, 0.717) is 11.4 Å². The summed E-state index contributed by atoms with van der Waals surface area (Å²) in [5, 5.41) is 10.6. The van der Waals surface area contributed by atoms with Gasteiger partial charge in [-0.25, -0.2) is 0 Å². The second kappa shape index (κ2) is 12.9. The van der Waals surface area contributed by atoms with Crippen LogP contribution >= 0.6 is 0 Å². The van der Waals surface area contributed by atoms with Crippen molar-refractivity contribution in [1.82, 2.24) is 15.6 Å². The van der Waals surface area contributed by atoms with E-state index in [4.69, 9.17) is 9.15 Å². The molecule has 3 N–H and O–H groups in total. The van der Waals surface area contributed by atoms with Crippen LogP contribution in [0.1, 0.15) is 76.2 Å². The van der Waals surface area contributed by atoms with Gasteiger partial charge in [-0.05, 0) is 71.7 Å². The molecule has 2 amide bonds. The van der Waals surface area contributed by atoms with Gasteiger partial charge in [-0.2, -0.15) is 0 Å². The van der Waals surface area contributed by atoms with Crippen LogP contribution in [0, 0.1) is 0 Å². The van der Waals surface area contributed by atoms with Gasteiger partial charge in [0.2, 0.25) is 5.89 Å². The van der Waals surface area contributed by atoms with Gasteiger partial charge in [-0.1, -0.05) is 71.9 Å². The third-order valence-electron chi connectivity index (χ3n) is 7.75. The first kappa shape index (κ1) is 30.3. The van der Waals surface area contributed by atoms with E-state index < -0.39 is 5.91 Å². The number of hydrazine groups is 1. The van der Waals surface area contributed by atoms with Crippen molar-refractivity contribution in [3.05, 3.63) is 89.8 Å². The van der Waals surface area contributed by atoms with Crippen LogP contribution < -0.4 is 20.9 Å². The molecule has 0 saturated heterocycles. The van der Waals surface area contributed by atoms with Crippen LogP contribution in [0.2, 0.25) is 0 Å². The number of aromatic nitrogens is 2. The van der Waals surface area contributed by atoms with E-state index in [-0.39, 0.29) is 35.1 Å². The minimum absolute atomic E-state index is 0.0526. The maximum atomic E-state index is 12.7.